The number of thiazole rings is 1. The molecule has 1 aromatic rings. The maximum Gasteiger partial charge on any atom is 0.273 e. The number of rotatable bonds is 2. The summed E-state index contributed by atoms with van der Waals surface area (Å²) in [6, 6.07) is 0.268. The molecular formula is C11H14N2O2S. The number of nitrogens with zero attached hydrogens (tertiary/aromatic N) is 2. The van der Waals surface area contributed by atoms with E-state index in [1.165, 1.54) is 17.8 Å². The molecule has 4 nitrogen and oxygen atoms in total. The number of piperidine rings is 1. The van der Waals surface area contributed by atoms with E-state index in [4.69, 9.17) is 4.74 Å². The molecule has 1 amide bonds. The monoisotopic (exact) mass is 238 g/mol. The van der Waals surface area contributed by atoms with E-state index in [9.17, 15) is 4.79 Å². The van der Waals surface area contributed by atoms with Gasteiger partial charge in [-0.15, -0.1) is 11.3 Å². The van der Waals surface area contributed by atoms with E-state index in [-0.39, 0.29) is 18.1 Å². The minimum absolute atomic E-state index is 0.0653. The van der Waals surface area contributed by atoms with Gasteiger partial charge in [0.1, 0.15) is 5.69 Å². The lowest BCUT2D eigenvalue weighted by atomic mass is 10.1. The van der Waals surface area contributed by atoms with Crippen molar-refractivity contribution in [2.75, 3.05) is 13.7 Å². The maximum absolute atomic E-state index is 12.2. The number of amides is 1. The molecule has 3 atom stereocenters. The minimum atomic E-state index is 0.0653. The highest BCUT2D eigenvalue weighted by Crippen LogP contribution is 2.40. The molecule has 5 heteroatoms. The van der Waals surface area contributed by atoms with E-state index in [1.54, 1.807) is 12.6 Å². The first-order chi connectivity index (χ1) is 7.81. The van der Waals surface area contributed by atoms with Gasteiger partial charge >= 0.3 is 0 Å². The number of carbonyl (C=O) groups is 1. The van der Waals surface area contributed by atoms with Crippen molar-refractivity contribution in [1.82, 2.24) is 9.88 Å². The zero-order chi connectivity index (χ0) is 11.1. The Hall–Kier alpha value is -0.940. The van der Waals surface area contributed by atoms with Gasteiger partial charge in [-0.05, 0) is 12.8 Å². The van der Waals surface area contributed by atoms with E-state index in [1.807, 2.05) is 10.3 Å². The Morgan fingerprint density at radius 2 is 2.50 bits per heavy atom. The van der Waals surface area contributed by atoms with Crippen LogP contribution in [0.2, 0.25) is 0 Å². The van der Waals surface area contributed by atoms with Crippen LogP contribution in [0.5, 0.6) is 0 Å². The standard InChI is InChI=1S/C11H14N2O2S/c1-15-10-7-2-3-9(10)13(4-7)11(14)8-5-16-6-12-8/h5-7,9-10H,2-4H2,1H3. The number of hydrogen-bond acceptors (Lipinski definition) is 4. The van der Waals surface area contributed by atoms with Crippen LogP contribution >= 0.6 is 11.3 Å². The van der Waals surface area contributed by atoms with Crippen LogP contribution in [0.4, 0.5) is 0 Å². The molecule has 1 saturated carbocycles. The molecule has 2 fully saturated rings. The molecule has 1 aliphatic heterocycles. The zero-order valence-electron chi connectivity index (χ0n) is 9.13. The second-order valence-corrected chi connectivity index (χ2v) is 5.15. The average Bonchev–Trinajstić information content (AvgIpc) is 3.02. The summed E-state index contributed by atoms with van der Waals surface area (Å²) in [7, 11) is 1.74. The van der Waals surface area contributed by atoms with Gasteiger partial charge in [0.05, 0.1) is 17.7 Å². The van der Waals surface area contributed by atoms with Gasteiger partial charge in [0.25, 0.3) is 5.91 Å². The summed E-state index contributed by atoms with van der Waals surface area (Å²) < 4.78 is 5.48. The molecule has 16 heavy (non-hydrogen) atoms. The molecule has 0 N–H and O–H groups in total. The largest absolute Gasteiger partial charge is 0.379 e. The molecule has 2 aliphatic rings. The highest BCUT2D eigenvalue weighted by atomic mass is 32.1. The summed E-state index contributed by atoms with van der Waals surface area (Å²) >= 11 is 1.46. The van der Waals surface area contributed by atoms with Gasteiger partial charge in [-0.3, -0.25) is 4.79 Å². The summed E-state index contributed by atoms with van der Waals surface area (Å²) in [4.78, 5) is 18.2. The quantitative estimate of drug-likeness (QED) is 0.782. The Balaban J connectivity index is 1.81. The number of ether oxygens (including phenoxy) is 1. The molecule has 1 saturated heterocycles. The van der Waals surface area contributed by atoms with Crippen LogP contribution in [-0.2, 0) is 4.74 Å². The smallest absolute Gasteiger partial charge is 0.273 e. The normalized spacial score (nSPS) is 32.3. The molecule has 3 unspecified atom stereocenters. The number of aromatic nitrogens is 1. The number of hydrogen-bond donors (Lipinski definition) is 0. The van der Waals surface area contributed by atoms with E-state index in [0.29, 0.717) is 11.6 Å². The lowest BCUT2D eigenvalue weighted by molar-refractivity contribution is 0.0542. The SMILES string of the molecule is COC1C2CCC1N(C(=O)c1cscn1)C2. The summed E-state index contributed by atoms with van der Waals surface area (Å²) in [6.45, 7) is 0.833. The van der Waals surface area contributed by atoms with Crippen molar-refractivity contribution in [1.29, 1.82) is 0 Å². The third kappa shape index (κ3) is 1.38. The lowest BCUT2D eigenvalue weighted by Gasteiger charge is -2.26. The van der Waals surface area contributed by atoms with Gasteiger partial charge in [-0.2, -0.15) is 0 Å². The predicted molar refractivity (Wildman–Crippen MR) is 60.5 cm³/mol. The van der Waals surface area contributed by atoms with Crippen molar-refractivity contribution < 1.29 is 9.53 Å². The predicted octanol–water partition coefficient (Wildman–Crippen LogP) is 1.39. The average molecular weight is 238 g/mol. The van der Waals surface area contributed by atoms with Gasteiger partial charge in [-0.25, -0.2) is 4.98 Å². The van der Waals surface area contributed by atoms with Crippen LogP contribution in [0.1, 0.15) is 23.3 Å². The van der Waals surface area contributed by atoms with Gasteiger partial charge in [0.15, 0.2) is 0 Å². The van der Waals surface area contributed by atoms with Crippen LogP contribution < -0.4 is 0 Å². The first kappa shape index (κ1) is 10.2. The van der Waals surface area contributed by atoms with E-state index < -0.39 is 0 Å². The molecular weight excluding hydrogens is 224 g/mol. The molecule has 0 radical (unpaired) electrons. The Morgan fingerprint density at radius 3 is 3.12 bits per heavy atom. The van der Waals surface area contributed by atoms with E-state index in [0.717, 1.165) is 13.0 Å². The van der Waals surface area contributed by atoms with Gasteiger partial charge in [0, 0.05) is 25.0 Å². The van der Waals surface area contributed by atoms with Crippen molar-refractivity contribution in [3.8, 4) is 0 Å². The van der Waals surface area contributed by atoms with Crippen molar-refractivity contribution in [2.24, 2.45) is 5.92 Å². The number of carbonyl (C=O) groups excluding carboxylic acids is 1. The van der Waals surface area contributed by atoms with Gasteiger partial charge in [0.2, 0.25) is 0 Å². The zero-order valence-corrected chi connectivity index (χ0v) is 9.94. The molecule has 86 valence electrons. The van der Waals surface area contributed by atoms with Crippen LogP contribution in [0, 0.1) is 5.92 Å². The first-order valence-corrected chi connectivity index (χ1v) is 6.47. The molecule has 1 aromatic heterocycles. The van der Waals surface area contributed by atoms with E-state index >= 15 is 0 Å². The minimum Gasteiger partial charge on any atom is -0.379 e. The van der Waals surface area contributed by atoms with Crippen molar-refractivity contribution >= 4 is 17.2 Å². The highest BCUT2D eigenvalue weighted by molar-refractivity contribution is 7.07. The fourth-order valence-electron chi connectivity index (χ4n) is 2.99. The molecule has 3 rings (SSSR count). The van der Waals surface area contributed by atoms with Crippen LogP contribution in [0.3, 0.4) is 0 Å². The van der Waals surface area contributed by atoms with Crippen molar-refractivity contribution in [3.63, 3.8) is 0 Å². The third-order valence-corrected chi connectivity index (χ3v) is 4.28. The fraction of sp³-hybridized carbons (Fsp3) is 0.636. The Bertz CT molecular complexity index is 393. The topological polar surface area (TPSA) is 42.4 Å². The molecule has 2 bridgehead atoms. The Labute approximate surface area is 98.2 Å². The fourth-order valence-corrected chi connectivity index (χ4v) is 3.52. The Morgan fingerprint density at radius 1 is 1.62 bits per heavy atom. The number of likely N-dealkylation sites (tertiary alicyclic amines) is 1. The maximum atomic E-state index is 12.2. The number of methoxy groups -OCH3 is 1. The first-order valence-electron chi connectivity index (χ1n) is 5.53. The third-order valence-electron chi connectivity index (χ3n) is 3.69. The number of fused-ring (bicyclic) bond motifs is 2. The van der Waals surface area contributed by atoms with Crippen LogP contribution in [0.25, 0.3) is 0 Å². The molecule has 0 aromatic carbocycles. The van der Waals surface area contributed by atoms with Gasteiger partial charge < -0.3 is 9.64 Å². The highest BCUT2D eigenvalue weighted by Gasteiger charge is 2.49. The molecule has 2 heterocycles. The van der Waals surface area contributed by atoms with Crippen molar-refractivity contribution in [3.05, 3.63) is 16.6 Å². The Kier molecular flexibility index (Phi) is 2.44. The second kappa shape index (κ2) is 3.82. The summed E-state index contributed by atoms with van der Waals surface area (Å²) in [6.07, 6.45) is 2.49. The lowest BCUT2D eigenvalue weighted by Crippen LogP contribution is -2.39. The summed E-state index contributed by atoms with van der Waals surface area (Å²) in [5.41, 5.74) is 2.28. The molecule has 0 spiro atoms. The van der Waals surface area contributed by atoms with Gasteiger partial charge in [-0.1, -0.05) is 0 Å². The van der Waals surface area contributed by atoms with Crippen molar-refractivity contribution in [2.45, 2.75) is 25.0 Å². The van der Waals surface area contributed by atoms with E-state index in [2.05, 4.69) is 4.98 Å². The molecule has 1 aliphatic carbocycles. The second-order valence-electron chi connectivity index (χ2n) is 4.44. The van der Waals surface area contributed by atoms with Crippen LogP contribution in [-0.4, -0.2) is 41.6 Å². The van der Waals surface area contributed by atoms with Crippen LogP contribution in [0.15, 0.2) is 10.9 Å². The summed E-state index contributed by atoms with van der Waals surface area (Å²) in [5, 5.41) is 1.82. The summed E-state index contributed by atoms with van der Waals surface area (Å²) in [5.74, 6) is 0.591.